The van der Waals surface area contributed by atoms with Gasteiger partial charge in [-0.15, -0.1) is 0 Å². The number of nitrogens with one attached hydrogen (secondary N) is 1. The summed E-state index contributed by atoms with van der Waals surface area (Å²) in [4.78, 5) is 40.1. The van der Waals surface area contributed by atoms with Gasteiger partial charge in [0.2, 0.25) is 0 Å². The molecule has 10 heteroatoms. The molecule has 0 saturated carbocycles. The van der Waals surface area contributed by atoms with Crippen LogP contribution in [0.2, 0.25) is 5.02 Å². The summed E-state index contributed by atoms with van der Waals surface area (Å²) in [5.74, 6) is -1.41. The fourth-order valence-corrected chi connectivity index (χ4v) is 3.69. The van der Waals surface area contributed by atoms with E-state index in [0.717, 1.165) is 0 Å². The first-order valence-corrected chi connectivity index (χ1v) is 10.9. The Morgan fingerprint density at radius 3 is 2.30 bits per heavy atom. The van der Waals surface area contributed by atoms with Crippen LogP contribution >= 0.6 is 11.6 Å². The van der Waals surface area contributed by atoms with Gasteiger partial charge >= 0.3 is 12.1 Å². The van der Waals surface area contributed by atoms with E-state index in [1.165, 1.54) is 6.07 Å². The molecule has 1 fully saturated rings. The van der Waals surface area contributed by atoms with Crippen LogP contribution in [0.25, 0.3) is 0 Å². The molecule has 1 aliphatic rings. The molecule has 0 aromatic heterocycles. The number of carbonyl (C=O) groups excluding carboxylic acids is 2. The lowest BCUT2D eigenvalue weighted by Gasteiger charge is -2.33. The number of carbonyl (C=O) groups is 3. The number of carboxylic acid groups (broad SMARTS) is 1. The van der Waals surface area contributed by atoms with Crippen LogP contribution in [0, 0.1) is 0 Å². The normalized spacial score (nSPS) is 15.0. The fraction of sp³-hybridized carbons (Fsp3) is 0.348. The van der Waals surface area contributed by atoms with Gasteiger partial charge in [0, 0.05) is 39.1 Å². The minimum Gasteiger partial charge on any atom is -0.480 e. The van der Waals surface area contributed by atoms with Crippen molar-refractivity contribution in [3.05, 3.63) is 64.7 Å². The highest BCUT2D eigenvalue weighted by atomic mass is 35.5. The Balaban J connectivity index is 1.55. The summed E-state index contributed by atoms with van der Waals surface area (Å²) in [7, 11) is 0. The maximum absolute atomic E-state index is 12.4. The van der Waals surface area contributed by atoms with Gasteiger partial charge in [-0.25, -0.2) is 9.59 Å². The lowest BCUT2D eigenvalue weighted by Crippen LogP contribution is -2.50. The van der Waals surface area contributed by atoms with Crippen LogP contribution in [0.3, 0.4) is 0 Å². The molecular weight excluding hydrogens is 450 g/mol. The van der Waals surface area contributed by atoms with E-state index < -0.39 is 24.0 Å². The minimum atomic E-state index is -1.17. The Labute approximate surface area is 196 Å². The Hall–Kier alpha value is -3.14. The SMILES string of the molecule is O=C(N[C@@H](Cc1ccc(OC(=O)N2CCN(CCO)CC2)cc1)C(=O)O)c1ccccc1Cl. The number of β-amino-alcohol motifs (C(OH)–C–C–N with tert-alkyl or cyclic N) is 1. The van der Waals surface area contributed by atoms with Gasteiger partial charge in [0.05, 0.1) is 17.2 Å². The zero-order valence-corrected chi connectivity index (χ0v) is 18.7. The number of nitrogens with zero attached hydrogens (tertiary/aromatic N) is 2. The topological polar surface area (TPSA) is 119 Å². The van der Waals surface area contributed by atoms with Gasteiger partial charge < -0.3 is 25.2 Å². The van der Waals surface area contributed by atoms with Gasteiger partial charge in [-0.3, -0.25) is 9.69 Å². The van der Waals surface area contributed by atoms with Crippen molar-refractivity contribution in [2.75, 3.05) is 39.3 Å². The third-order valence-electron chi connectivity index (χ3n) is 5.34. The molecule has 2 aromatic rings. The van der Waals surface area contributed by atoms with Crippen LogP contribution in [-0.2, 0) is 11.2 Å². The number of piperazine rings is 1. The number of ether oxygens (including phenoxy) is 1. The number of amides is 2. The summed E-state index contributed by atoms with van der Waals surface area (Å²) in [6, 6.07) is 11.7. The quantitative estimate of drug-likeness (QED) is 0.533. The molecule has 0 spiro atoms. The highest BCUT2D eigenvalue weighted by molar-refractivity contribution is 6.33. The number of benzene rings is 2. The minimum absolute atomic E-state index is 0.0482. The molecule has 33 heavy (non-hydrogen) atoms. The number of carboxylic acids is 1. The monoisotopic (exact) mass is 475 g/mol. The lowest BCUT2D eigenvalue weighted by atomic mass is 10.1. The first-order valence-electron chi connectivity index (χ1n) is 10.5. The molecule has 2 amide bonds. The molecule has 9 nitrogen and oxygen atoms in total. The van der Waals surface area contributed by atoms with Crippen LogP contribution in [0.5, 0.6) is 5.75 Å². The second-order valence-electron chi connectivity index (χ2n) is 7.61. The molecule has 3 N–H and O–H groups in total. The average Bonchev–Trinajstić information content (AvgIpc) is 2.80. The van der Waals surface area contributed by atoms with E-state index in [2.05, 4.69) is 10.2 Å². The molecule has 1 aliphatic heterocycles. The zero-order chi connectivity index (χ0) is 23.8. The average molecular weight is 476 g/mol. The van der Waals surface area contributed by atoms with Gasteiger partial charge in [0.15, 0.2) is 0 Å². The number of aliphatic carboxylic acids is 1. The largest absolute Gasteiger partial charge is 0.480 e. The van der Waals surface area contributed by atoms with E-state index >= 15 is 0 Å². The van der Waals surface area contributed by atoms with Crippen molar-refractivity contribution in [1.29, 1.82) is 0 Å². The first kappa shape index (κ1) is 24.5. The molecule has 2 aromatic carbocycles. The summed E-state index contributed by atoms with van der Waals surface area (Å²) in [6.07, 6.45) is -0.408. The van der Waals surface area contributed by atoms with Gasteiger partial charge in [0.1, 0.15) is 11.8 Å². The van der Waals surface area contributed by atoms with E-state index in [-0.39, 0.29) is 23.6 Å². The van der Waals surface area contributed by atoms with Crippen molar-refractivity contribution in [3.8, 4) is 5.75 Å². The van der Waals surface area contributed by atoms with E-state index in [0.29, 0.717) is 44.0 Å². The van der Waals surface area contributed by atoms with Gasteiger partial charge in [-0.2, -0.15) is 0 Å². The maximum atomic E-state index is 12.4. The number of rotatable bonds is 8. The maximum Gasteiger partial charge on any atom is 0.415 e. The number of hydrogen-bond acceptors (Lipinski definition) is 6. The van der Waals surface area contributed by atoms with Crippen LogP contribution in [-0.4, -0.2) is 83.4 Å². The molecule has 1 heterocycles. The standard InChI is InChI=1S/C23H26ClN3O6/c24-19-4-2-1-3-18(19)21(29)25-20(22(30)31)15-16-5-7-17(8-6-16)33-23(32)27-11-9-26(10-12-27)13-14-28/h1-8,20,28H,9-15H2,(H,25,29)(H,30,31)/t20-/m0/s1. The Bertz CT molecular complexity index is 976. The van der Waals surface area contributed by atoms with Gasteiger partial charge in [-0.05, 0) is 29.8 Å². The summed E-state index contributed by atoms with van der Waals surface area (Å²) in [5.41, 5.74) is 0.851. The van der Waals surface area contributed by atoms with Crippen LogP contribution < -0.4 is 10.1 Å². The van der Waals surface area contributed by atoms with E-state index in [1.807, 2.05) is 0 Å². The van der Waals surface area contributed by atoms with E-state index in [9.17, 15) is 19.5 Å². The molecule has 3 rings (SSSR count). The summed E-state index contributed by atoms with van der Waals surface area (Å²) >= 11 is 6.01. The number of hydrogen-bond donors (Lipinski definition) is 3. The highest BCUT2D eigenvalue weighted by Gasteiger charge is 2.24. The third kappa shape index (κ3) is 6.92. The second kappa shape index (κ2) is 11.6. The Morgan fingerprint density at radius 1 is 1.03 bits per heavy atom. The lowest BCUT2D eigenvalue weighted by molar-refractivity contribution is -0.139. The highest BCUT2D eigenvalue weighted by Crippen LogP contribution is 2.17. The third-order valence-corrected chi connectivity index (χ3v) is 5.67. The smallest absolute Gasteiger partial charge is 0.415 e. The predicted molar refractivity (Wildman–Crippen MR) is 122 cm³/mol. The number of halogens is 1. The van der Waals surface area contributed by atoms with Crippen molar-refractivity contribution in [2.45, 2.75) is 12.5 Å². The van der Waals surface area contributed by atoms with Crippen molar-refractivity contribution in [3.63, 3.8) is 0 Å². The van der Waals surface area contributed by atoms with Crippen LogP contribution in [0.1, 0.15) is 15.9 Å². The van der Waals surface area contributed by atoms with Crippen molar-refractivity contribution >= 4 is 29.6 Å². The van der Waals surface area contributed by atoms with Crippen molar-refractivity contribution < 1.29 is 29.3 Å². The Morgan fingerprint density at radius 2 is 1.70 bits per heavy atom. The number of aliphatic hydroxyl groups excluding tert-OH is 1. The predicted octanol–water partition coefficient (Wildman–Crippen LogP) is 1.87. The zero-order valence-electron chi connectivity index (χ0n) is 17.9. The van der Waals surface area contributed by atoms with Gasteiger partial charge in [-0.1, -0.05) is 35.9 Å². The molecule has 0 radical (unpaired) electrons. The summed E-state index contributed by atoms with van der Waals surface area (Å²) in [6.45, 7) is 3.05. The first-order chi connectivity index (χ1) is 15.9. The fourth-order valence-electron chi connectivity index (χ4n) is 3.47. The molecule has 0 bridgehead atoms. The second-order valence-corrected chi connectivity index (χ2v) is 8.02. The van der Waals surface area contributed by atoms with Crippen molar-refractivity contribution in [1.82, 2.24) is 15.1 Å². The Kier molecular flexibility index (Phi) is 8.65. The van der Waals surface area contributed by atoms with Crippen molar-refractivity contribution in [2.24, 2.45) is 0 Å². The van der Waals surface area contributed by atoms with Gasteiger partial charge in [0.25, 0.3) is 5.91 Å². The molecule has 1 saturated heterocycles. The van der Waals surface area contributed by atoms with Crippen LogP contribution in [0.4, 0.5) is 4.79 Å². The molecule has 1 atom stereocenters. The van der Waals surface area contributed by atoms with Crippen LogP contribution in [0.15, 0.2) is 48.5 Å². The number of aliphatic hydroxyl groups is 1. The van der Waals surface area contributed by atoms with E-state index in [1.54, 1.807) is 47.4 Å². The summed E-state index contributed by atoms with van der Waals surface area (Å²) < 4.78 is 5.41. The molecular formula is C23H26ClN3O6. The van der Waals surface area contributed by atoms with E-state index in [4.69, 9.17) is 21.4 Å². The molecule has 0 aliphatic carbocycles. The summed E-state index contributed by atoms with van der Waals surface area (Å²) in [5, 5.41) is 21.3. The molecule has 0 unspecified atom stereocenters. The molecule has 176 valence electrons.